The first-order valence-corrected chi connectivity index (χ1v) is 9.94. The Labute approximate surface area is 179 Å². The molecule has 0 aliphatic heterocycles. The first-order valence-electron chi connectivity index (χ1n) is 9.94. The van der Waals surface area contributed by atoms with E-state index in [9.17, 15) is 0 Å². The van der Waals surface area contributed by atoms with Crippen molar-refractivity contribution in [3.05, 3.63) is 90.6 Å². The molecule has 152 valence electrons. The summed E-state index contributed by atoms with van der Waals surface area (Å²) in [5, 5.41) is 5.38. The number of rotatable bonds is 4. The Kier molecular flexibility index (Phi) is 4.52. The molecule has 31 heavy (non-hydrogen) atoms. The van der Waals surface area contributed by atoms with Crippen LogP contribution in [0, 0.1) is 6.92 Å². The quantitative estimate of drug-likeness (QED) is 0.419. The van der Waals surface area contributed by atoms with E-state index in [-0.39, 0.29) is 0 Å². The number of nitrogen functional groups attached to an aromatic ring is 2. The number of pyridine rings is 1. The van der Waals surface area contributed by atoms with Crippen molar-refractivity contribution in [3.63, 3.8) is 0 Å². The number of aromatic nitrogens is 3. The lowest BCUT2D eigenvalue weighted by Gasteiger charge is -2.10. The molecule has 6 heteroatoms. The van der Waals surface area contributed by atoms with Gasteiger partial charge in [-0.3, -0.25) is 0 Å². The molecule has 0 aliphatic rings. The average molecular weight is 407 g/mol. The maximum absolute atomic E-state index is 6.36. The highest BCUT2D eigenvalue weighted by molar-refractivity contribution is 6.06. The second-order valence-electron chi connectivity index (χ2n) is 7.30. The van der Waals surface area contributed by atoms with E-state index in [0.717, 1.165) is 39.3 Å². The smallest absolute Gasteiger partial charge is 0.154 e. The summed E-state index contributed by atoms with van der Waals surface area (Å²) in [6.07, 6.45) is 1.74. The normalized spacial score (nSPS) is 11.0. The number of nitrogens with two attached hydrogens (primary N) is 2. The van der Waals surface area contributed by atoms with Crippen LogP contribution >= 0.6 is 0 Å². The third-order valence-electron chi connectivity index (χ3n) is 5.25. The minimum Gasteiger partial charge on any atom is -0.457 e. The molecule has 0 amide bonds. The van der Waals surface area contributed by atoms with E-state index in [0.29, 0.717) is 17.2 Å². The van der Waals surface area contributed by atoms with Crippen LogP contribution in [0.5, 0.6) is 11.5 Å². The molecule has 0 aliphatic carbocycles. The fraction of sp³-hybridized carbons (Fsp3) is 0.0400. The van der Waals surface area contributed by atoms with Gasteiger partial charge < -0.3 is 16.2 Å². The zero-order valence-electron chi connectivity index (χ0n) is 17.0. The minimum absolute atomic E-state index is 0.384. The van der Waals surface area contributed by atoms with Gasteiger partial charge in [0.15, 0.2) is 5.82 Å². The summed E-state index contributed by atoms with van der Waals surface area (Å²) in [7, 11) is 0. The Morgan fingerprint density at radius 1 is 0.774 bits per heavy atom. The molecular formula is C25H21N5O. The van der Waals surface area contributed by atoms with Gasteiger partial charge in [-0.15, -0.1) is 5.10 Å². The maximum Gasteiger partial charge on any atom is 0.154 e. The van der Waals surface area contributed by atoms with Crippen LogP contribution in [0.1, 0.15) is 5.56 Å². The predicted octanol–water partition coefficient (Wildman–Crippen LogP) is 5.35. The van der Waals surface area contributed by atoms with Crippen LogP contribution in [0.15, 0.2) is 85.1 Å². The van der Waals surface area contributed by atoms with Crippen LogP contribution in [0.3, 0.4) is 0 Å². The van der Waals surface area contributed by atoms with E-state index in [1.54, 1.807) is 10.9 Å². The van der Waals surface area contributed by atoms with Crippen molar-refractivity contribution < 1.29 is 4.74 Å². The molecular weight excluding hydrogens is 386 g/mol. The summed E-state index contributed by atoms with van der Waals surface area (Å²) in [5.41, 5.74) is 17.1. The van der Waals surface area contributed by atoms with Gasteiger partial charge in [0.05, 0.1) is 11.1 Å². The van der Waals surface area contributed by atoms with Crippen LogP contribution in [0.4, 0.5) is 11.6 Å². The minimum atomic E-state index is 0.384. The van der Waals surface area contributed by atoms with Gasteiger partial charge in [0.1, 0.15) is 22.8 Å². The van der Waals surface area contributed by atoms with Gasteiger partial charge in [0, 0.05) is 11.8 Å². The van der Waals surface area contributed by atoms with Gasteiger partial charge in [-0.2, -0.15) is 0 Å². The number of hydrogen-bond acceptors (Lipinski definition) is 5. The molecule has 0 spiro atoms. The van der Waals surface area contributed by atoms with E-state index < -0.39 is 0 Å². The monoisotopic (exact) mass is 407 g/mol. The van der Waals surface area contributed by atoms with Crippen molar-refractivity contribution >= 4 is 22.5 Å². The van der Waals surface area contributed by atoms with E-state index in [1.807, 2.05) is 85.8 Å². The maximum atomic E-state index is 6.36. The predicted molar refractivity (Wildman–Crippen MR) is 124 cm³/mol. The van der Waals surface area contributed by atoms with Gasteiger partial charge in [-0.25, -0.2) is 9.67 Å². The largest absolute Gasteiger partial charge is 0.457 e. The van der Waals surface area contributed by atoms with E-state index in [1.165, 1.54) is 0 Å². The van der Waals surface area contributed by atoms with Gasteiger partial charge in [-0.1, -0.05) is 48.5 Å². The standard InChI is InChI=1S/C25H21N5O/c1-16-7-5-6-10-21(16)30-23-22(24(26)29-30)20(15-28-25(23)27)17-11-13-19(14-12-17)31-18-8-3-2-4-9-18/h2-15H,1H3,(H2,26,29)(H2,27,28). The Hall–Kier alpha value is -4.32. The van der Waals surface area contributed by atoms with Crippen LogP contribution in [0.25, 0.3) is 27.7 Å². The summed E-state index contributed by atoms with van der Waals surface area (Å²) in [6.45, 7) is 2.03. The highest BCUT2D eigenvalue weighted by Crippen LogP contribution is 2.37. The molecule has 0 saturated heterocycles. The van der Waals surface area contributed by atoms with Gasteiger partial charge >= 0.3 is 0 Å². The zero-order valence-corrected chi connectivity index (χ0v) is 17.0. The lowest BCUT2D eigenvalue weighted by Crippen LogP contribution is -2.02. The first kappa shape index (κ1) is 18.7. The molecule has 3 aromatic carbocycles. The fourth-order valence-corrected chi connectivity index (χ4v) is 3.72. The van der Waals surface area contributed by atoms with Gasteiger partial charge in [0.25, 0.3) is 0 Å². The summed E-state index contributed by atoms with van der Waals surface area (Å²) in [5.74, 6) is 2.33. The molecule has 0 atom stereocenters. The number of ether oxygens (including phenoxy) is 1. The topological polar surface area (TPSA) is 92.0 Å². The molecule has 5 aromatic rings. The third kappa shape index (κ3) is 3.34. The summed E-state index contributed by atoms with van der Waals surface area (Å²) in [6, 6.07) is 25.4. The number of benzene rings is 3. The van der Waals surface area contributed by atoms with E-state index >= 15 is 0 Å². The van der Waals surface area contributed by atoms with Crippen LogP contribution in [-0.2, 0) is 0 Å². The summed E-state index contributed by atoms with van der Waals surface area (Å²) in [4.78, 5) is 4.43. The molecule has 6 nitrogen and oxygen atoms in total. The van der Waals surface area contributed by atoms with Crippen molar-refractivity contribution in [2.24, 2.45) is 0 Å². The van der Waals surface area contributed by atoms with Gasteiger partial charge in [-0.05, 0) is 48.4 Å². The van der Waals surface area contributed by atoms with Crippen molar-refractivity contribution in [3.8, 4) is 28.3 Å². The lowest BCUT2D eigenvalue weighted by molar-refractivity contribution is 0.483. The number of fused-ring (bicyclic) bond motifs is 1. The highest BCUT2D eigenvalue weighted by Gasteiger charge is 2.19. The molecule has 2 heterocycles. The molecule has 2 aromatic heterocycles. The first-order chi connectivity index (χ1) is 15.1. The van der Waals surface area contributed by atoms with Crippen molar-refractivity contribution in [2.45, 2.75) is 6.92 Å². The van der Waals surface area contributed by atoms with Gasteiger partial charge in [0.2, 0.25) is 0 Å². The SMILES string of the molecule is Cc1ccccc1-n1nc(N)c2c(-c3ccc(Oc4ccccc4)cc3)cnc(N)c21. The molecule has 0 saturated carbocycles. The van der Waals surface area contributed by atoms with Crippen LogP contribution < -0.4 is 16.2 Å². The second-order valence-corrected chi connectivity index (χ2v) is 7.30. The Morgan fingerprint density at radius 2 is 1.45 bits per heavy atom. The molecule has 5 rings (SSSR count). The van der Waals surface area contributed by atoms with Crippen LogP contribution in [0.2, 0.25) is 0 Å². The Bertz CT molecular complexity index is 1370. The Balaban J connectivity index is 1.60. The average Bonchev–Trinajstić information content (AvgIpc) is 3.14. The molecule has 0 unspecified atom stereocenters. The van der Waals surface area contributed by atoms with E-state index in [4.69, 9.17) is 16.2 Å². The number of nitrogens with zero attached hydrogens (tertiary/aromatic N) is 3. The van der Waals surface area contributed by atoms with Crippen LogP contribution in [-0.4, -0.2) is 14.8 Å². The summed E-state index contributed by atoms with van der Waals surface area (Å²) >= 11 is 0. The second kappa shape index (κ2) is 7.50. The zero-order chi connectivity index (χ0) is 21.4. The number of anilines is 2. The molecule has 0 bridgehead atoms. The fourth-order valence-electron chi connectivity index (χ4n) is 3.72. The Morgan fingerprint density at radius 3 is 2.19 bits per heavy atom. The lowest BCUT2D eigenvalue weighted by atomic mass is 10.0. The van der Waals surface area contributed by atoms with E-state index in [2.05, 4.69) is 10.1 Å². The number of hydrogen-bond donors (Lipinski definition) is 2. The van der Waals surface area contributed by atoms with Crippen molar-refractivity contribution in [2.75, 3.05) is 11.5 Å². The third-order valence-corrected chi connectivity index (χ3v) is 5.25. The molecule has 4 N–H and O–H groups in total. The number of para-hydroxylation sites is 2. The van der Waals surface area contributed by atoms with Crippen molar-refractivity contribution in [1.29, 1.82) is 0 Å². The molecule has 0 radical (unpaired) electrons. The summed E-state index contributed by atoms with van der Waals surface area (Å²) < 4.78 is 7.67. The number of aryl methyl sites for hydroxylation is 1. The highest BCUT2D eigenvalue weighted by atomic mass is 16.5. The molecule has 0 fully saturated rings. The van der Waals surface area contributed by atoms with Crippen molar-refractivity contribution in [1.82, 2.24) is 14.8 Å².